The van der Waals surface area contributed by atoms with Crippen LogP contribution < -0.4 is 9.47 Å². The minimum absolute atomic E-state index is 0.0777. The summed E-state index contributed by atoms with van der Waals surface area (Å²) in [5, 5.41) is 0. The fourth-order valence-corrected chi connectivity index (χ4v) is 2.19. The van der Waals surface area contributed by atoms with Crippen molar-refractivity contribution < 1.29 is 19.0 Å². The van der Waals surface area contributed by atoms with Gasteiger partial charge < -0.3 is 14.2 Å². The third-order valence-corrected chi connectivity index (χ3v) is 3.59. The molecule has 2 aliphatic rings. The molecule has 2 fully saturated rings. The van der Waals surface area contributed by atoms with Gasteiger partial charge in [-0.1, -0.05) is 6.07 Å². The van der Waals surface area contributed by atoms with Crippen LogP contribution in [-0.2, 0) is 15.1 Å². The summed E-state index contributed by atoms with van der Waals surface area (Å²) >= 11 is 0. The molecule has 0 aromatic heterocycles. The molecule has 0 amide bonds. The highest BCUT2D eigenvalue weighted by atomic mass is 16.6. The summed E-state index contributed by atoms with van der Waals surface area (Å²) in [4.78, 5) is 14.4. The minimum Gasteiger partial charge on any atom is -0.493 e. The number of carbonyl (C=O) groups excluding carboxylic acids is 1. The topological polar surface area (TPSA) is 57.1 Å². The van der Waals surface area contributed by atoms with Crippen molar-refractivity contribution >= 4 is 6.08 Å². The Morgan fingerprint density at radius 1 is 1.37 bits per heavy atom. The first kappa shape index (κ1) is 12.2. The van der Waals surface area contributed by atoms with Crippen LogP contribution in [0.3, 0.4) is 0 Å². The van der Waals surface area contributed by atoms with Gasteiger partial charge in [-0.25, -0.2) is 4.79 Å². The maximum Gasteiger partial charge on any atom is 0.235 e. The van der Waals surface area contributed by atoms with Crippen molar-refractivity contribution in [1.29, 1.82) is 0 Å². The maximum absolute atomic E-state index is 10.5. The van der Waals surface area contributed by atoms with E-state index in [-0.39, 0.29) is 11.6 Å². The second-order valence-corrected chi connectivity index (χ2v) is 4.88. The molecule has 1 aromatic rings. The van der Waals surface area contributed by atoms with Crippen molar-refractivity contribution in [2.75, 3.05) is 20.3 Å². The Morgan fingerprint density at radius 2 is 2.16 bits per heavy atom. The Bertz CT molecular complexity index is 528. The van der Waals surface area contributed by atoms with Gasteiger partial charge in [0.1, 0.15) is 6.10 Å². The number of isocyanates is 1. The van der Waals surface area contributed by atoms with E-state index >= 15 is 0 Å². The molecule has 1 saturated carbocycles. The standard InChI is InChI=1S/C14H15NO4/c1-17-12-3-2-10(14(4-5-14)15-9-16)6-13(12)19-11-7-18-8-11/h2-3,6,11H,4-5,7-8H2,1H3. The van der Waals surface area contributed by atoms with E-state index in [9.17, 15) is 4.79 Å². The Balaban J connectivity index is 1.90. The van der Waals surface area contributed by atoms with Gasteiger partial charge in [-0.2, -0.15) is 4.99 Å². The Morgan fingerprint density at radius 3 is 2.68 bits per heavy atom. The van der Waals surface area contributed by atoms with Crippen molar-refractivity contribution in [2.24, 2.45) is 4.99 Å². The predicted molar refractivity (Wildman–Crippen MR) is 67.3 cm³/mol. The van der Waals surface area contributed by atoms with Crippen LogP contribution in [0.2, 0.25) is 0 Å². The van der Waals surface area contributed by atoms with Crippen LogP contribution in [0.1, 0.15) is 18.4 Å². The molecule has 1 heterocycles. The fourth-order valence-electron chi connectivity index (χ4n) is 2.19. The number of rotatable bonds is 5. The van der Waals surface area contributed by atoms with Crippen LogP contribution in [0.4, 0.5) is 0 Å². The maximum atomic E-state index is 10.5. The zero-order valence-electron chi connectivity index (χ0n) is 10.7. The van der Waals surface area contributed by atoms with E-state index in [1.807, 2.05) is 18.2 Å². The van der Waals surface area contributed by atoms with E-state index in [4.69, 9.17) is 14.2 Å². The summed E-state index contributed by atoms with van der Waals surface area (Å²) in [6.45, 7) is 1.20. The molecule has 0 bridgehead atoms. The fraction of sp³-hybridized carbons (Fsp3) is 0.500. The molecule has 0 spiro atoms. The molecule has 5 nitrogen and oxygen atoms in total. The van der Waals surface area contributed by atoms with Gasteiger partial charge in [0.15, 0.2) is 11.5 Å². The second kappa shape index (κ2) is 4.68. The number of aliphatic imine (C=N–C) groups is 1. The first-order chi connectivity index (χ1) is 9.27. The zero-order chi connectivity index (χ0) is 13.3. The lowest BCUT2D eigenvalue weighted by molar-refractivity contribution is -0.0803. The van der Waals surface area contributed by atoms with Crippen molar-refractivity contribution in [1.82, 2.24) is 0 Å². The molecule has 19 heavy (non-hydrogen) atoms. The largest absolute Gasteiger partial charge is 0.493 e. The van der Waals surface area contributed by atoms with E-state index in [1.54, 1.807) is 13.2 Å². The van der Waals surface area contributed by atoms with Gasteiger partial charge >= 0.3 is 0 Å². The molecule has 1 aliphatic heterocycles. The first-order valence-corrected chi connectivity index (χ1v) is 6.29. The van der Waals surface area contributed by atoms with Gasteiger partial charge in [0.25, 0.3) is 0 Å². The molecule has 3 rings (SSSR count). The molecule has 0 radical (unpaired) electrons. The number of methoxy groups -OCH3 is 1. The minimum atomic E-state index is -0.387. The SMILES string of the molecule is COc1ccc(C2(N=C=O)CC2)cc1OC1COC1. The smallest absolute Gasteiger partial charge is 0.235 e. The highest BCUT2D eigenvalue weighted by Gasteiger charge is 2.45. The van der Waals surface area contributed by atoms with Crippen LogP contribution in [0.25, 0.3) is 0 Å². The summed E-state index contributed by atoms with van der Waals surface area (Å²) in [6.07, 6.45) is 3.49. The lowest BCUT2D eigenvalue weighted by Gasteiger charge is -2.27. The molecular formula is C14H15NO4. The van der Waals surface area contributed by atoms with E-state index in [1.165, 1.54) is 0 Å². The van der Waals surface area contributed by atoms with E-state index in [0.717, 1.165) is 18.4 Å². The third kappa shape index (κ3) is 2.23. The molecular weight excluding hydrogens is 246 g/mol. The van der Waals surface area contributed by atoms with Gasteiger partial charge in [0.05, 0.1) is 25.9 Å². The molecule has 0 N–H and O–H groups in total. The molecule has 1 aromatic carbocycles. The zero-order valence-corrected chi connectivity index (χ0v) is 10.7. The molecule has 100 valence electrons. The summed E-state index contributed by atoms with van der Waals surface area (Å²) in [5.74, 6) is 1.36. The van der Waals surface area contributed by atoms with Gasteiger partial charge in [0.2, 0.25) is 6.08 Å². The number of hydrogen-bond donors (Lipinski definition) is 0. The van der Waals surface area contributed by atoms with Crippen molar-refractivity contribution in [3.63, 3.8) is 0 Å². The highest BCUT2D eigenvalue weighted by Crippen LogP contribution is 2.50. The summed E-state index contributed by atoms with van der Waals surface area (Å²) in [5.41, 5.74) is 0.592. The van der Waals surface area contributed by atoms with Crippen LogP contribution in [0, 0.1) is 0 Å². The molecule has 5 heteroatoms. The van der Waals surface area contributed by atoms with E-state index in [2.05, 4.69) is 4.99 Å². The Kier molecular flexibility index (Phi) is 3.01. The van der Waals surface area contributed by atoms with Crippen LogP contribution in [-0.4, -0.2) is 32.5 Å². The van der Waals surface area contributed by atoms with Crippen LogP contribution in [0.15, 0.2) is 23.2 Å². The summed E-state index contributed by atoms with van der Waals surface area (Å²) in [6, 6.07) is 5.69. The quantitative estimate of drug-likeness (QED) is 0.599. The number of ether oxygens (including phenoxy) is 3. The monoisotopic (exact) mass is 261 g/mol. The number of hydrogen-bond acceptors (Lipinski definition) is 5. The first-order valence-electron chi connectivity index (χ1n) is 6.29. The Labute approximate surface area is 111 Å². The normalized spacial score (nSPS) is 20.1. The lowest BCUT2D eigenvalue weighted by Crippen LogP contribution is -2.38. The number of benzene rings is 1. The third-order valence-electron chi connectivity index (χ3n) is 3.59. The van der Waals surface area contributed by atoms with E-state index < -0.39 is 0 Å². The van der Waals surface area contributed by atoms with Gasteiger partial charge in [-0.3, -0.25) is 0 Å². The summed E-state index contributed by atoms with van der Waals surface area (Å²) in [7, 11) is 1.61. The second-order valence-electron chi connectivity index (χ2n) is 4.88. The average molecular weight is 261 g/mol. The predicted octanol–water partition coefficient (Wildman–Crippen LogP) is 1.80. The Hall–Kier alpha value is -1.84. The molecule has 1 aliphatic carbocycles. The van der Waals surface area contributed by atoms with Crippen molar-refractivity contribution in [3.8, 4) is 11.5 Å². The lowest BCUT2D eigenvalue weighted by atomic mass is 10.0. The van der Waals surface area contributed by atoms with Crippen molar-refractivity contribution in [2.45, 2.75) is 24.5 Å². The summed E-state index contributed by atoms with van der Waals surface area (Å²) < 4.78 is 16.2. The van der Waals surface area contributed by atoms with Crippen molar-refractivity contribution in [3.05, 3.63) is 23.8 Å². The van der Waals surface area contributed by atoms with Gasteiger partial charge in [-0.05, 0) is 30.5 Å². The van der Waals surface area contributed by atoms with Gasteiger partial charge in [0, 0.05) is 0 Å². The number of nitrogens with zero attached hydrogens (tertiary/aromatic N) is 1. The van der Waals surface area contributed by atoms with Crippen LogP contribution >= 0.6 is 0 Å². The molecule has 0 atom stereocenters. The molecule has 1 saturated heterocycles. The molecule has 0 unspecified atom stereocenters. The highest BCUT2D eigenvalue weighted by molar-refractivity contribution is 5.48. The van der Waals surface area contributed by atoms with Crippen LogP contribution in [0.5, 0.6) is 11.5 Å². The van der Waals surface area contributed by atoms with E-state index in [0.29, 0.717) is 24.7 Å². The van der Waals surface area contributed by atoms with Gasteiger partial charge in [-0.15, -0.1) is 0 Å². The average Bonchev–Trinajstić information content (AvgIpc) is 3.15.